The van der Waals surface area contributed by atoms with E-state index in [0.29, 0.717) is 27.8 Å². The second kappa shape index (κ2) is 17.1. The first-order valence-electron chi connectivity index (χ1n) is 15.3. The molecular weight excluding hydrogens is 673 g/mol. The first kappa shape index (κ1) is 36.3. The van der Waals surface area contributed by atoms with E-state index >= 15 is 0 Å². The van der Waals surface area contributed by atoms with Crippen LogP contribution in [0.5, 0.6) is 0 Å². The Morgan fingerprint density at radius 2 is 1.51 bits per heavy atom. The summed E-state index contributed by atoms with van der Waals surface area (Å²) in [6.07, 6.45) is 3.75. The monoisotopic (exact) mass is 711 g/mol. The molecule has 2 amide bonds. The summed E-state index contributed by atoms with van der Waals surface area (Å²) in [7, 11) is -4.21. The largest absolute Gasteiger partial charge is 0.354 e. The molecule has 11 heteroatoms. The first-order valence-corrected chi connectivity index (χ1v) is 18.7. The van der Waals surface area contributed by atoms with Crippen molar-refractivity contribution in [3.05, 3.63) is 124 Å². The molecule has 0 saturated heterocycles. The van der Waals surface area contributed by atoms with Crippen LogP contribution in [-0.4, -0.2) is 50.5 Å². The number of halogens is 2. The minimum Gasteiger partial charge on any atom is -0.354 e. The summed E-state index contributed by atoms with van der Waals surface area (Å²) in [5, 5.41) is 3.64. The molecule has 0 aliphatic rings. The SMILES string of the molecule is CCCCNC(=O)C(Cc1ccccc1)N(Cc1c(Cl)cccc1Cl)C(=O)CN(c1ccc(C)cc1)S(=O)(=O)c1ccc(SC)cc1. The van der Waals surface area contributed by atoms with Crippen molar-refractivity contribution >= 4 is 62.5 Å². The van der Waals surface area contributed by atoms with Crippen LogP contribution in [0.25, 0.3) is 0 Å². The molecule has 0 aliphatic carbocycles. The molecule has 0 bridgehead atoms. The summed E-state index contributed by atoms with van der Waals surface area (Å²) < 4.78 is 29.6. The van der Waals surface area contributed by atoms with Crippen molar-refractivity contribution in [2.24, 2.45) is 0 Å². The molecule has 0 spiro atoms. The normalized spacial score (nSPS) is 11.9. The van der Waals surface area contributed by atoms with E-state index in [1.54, 1.807) is 54.6 Å². The van der Waals surface area contributed by atoms with Gasteiger partial charge in [0.05, 0.1) is 10.6 Å². The van der Waals surface area contributed by atoms with Crippen molar-refractivity contribution < 1.29 is 18.0 Å². The quantitative estimate of drug-likeness (QED) is 0.101. The number of benzene rings is 4. The molecule has 1 unspecified atom stereocenters. The molecule has 4 rings (SSSR count). The zero-order chi connectivity index (χ0) is 34.0. The Labute approximate surface area is 292 Å². The maximum atomic E-state index is 14.6. The van der Waals surface area contributed by atoms with Crippen LogP contribution in [0.15, 0.2) is 107 Å². The van der Waals surface area contributed by atoms with Crippen LogP contribution >= 0.6 is 35.0 Å². The third-order valence-corrected chi connectivity index (χ3v) is 11.0. The molecule has 0 heterocycles. The molecule has 47 heavy (non-hydrogen) atoms. The van der Waals surface area contributed by atoms with Crippen LogP contribution < -0.4 is 9.62 Å². The number of unbranched alkanes of at least 4 members (excludes halogenated alkanes) is 1. The Balaban J connectivity index is 1.82. The summed E-state index contributed by atoms with van der Waals surface area (Å²) in [4.78, 5) is 30.9. The number of hydrogen-bond donors (Lipinski definition) is 1. The van der Waals surface area contributed by atoms with E-state index in [1.165, 1.54) is 28.8 Å². The zero-order valence-electron chi connectivity index (χ0n) is 26.7. The topological polar surface area (TPSA) is 86.8 Å². The van der Waals surface area contributed by atoms with Crippen molar-refractivity contribution in [1.29, 1.82) is 0 Å². The maximum Gasteiger partial charge on any atom is 0.264 e. The second-order valence-corrected chi connectivity index (χ2v) is 14.7. The highest BCUT2D eigenvalue weighted by molar-refractivity contribution is 7.98. The standard InChI is InChI=1S/C36H39Cl2N3O4S2/c1-4-5-22-39-36(43)34(23-27-10-7-6-8-11-27)40(24-31-32(37)12-9-13-33(31)38)35(42)25-41(28-16-14-26(2)15-17-28)47(44,45)30-20-18-29(46-3)19-21-30/h6-21,34H,4-5,22-25H2,1-3H3,(H,39,43). The highest BCUT2D eigenvalue weighted by atomic mass is 35.5. The van der Waals surface area contributed by atoms with E-state index < -0.39 is 28.5 Å². The molecule has 1 N–H and O–H groups in total. The Morgan fingerprint density at radius 1 is 0.872 bits per heavy atom. The second-order valence-electron chi connectivity index (χ2n) is 11.1. The number of amides is 2. The number of carbonyl (C=O) groups excluding carboxylic acids is 2. The van der Waals surface area contributed by atoms with Crippen molar-refractivity contribution in [1.82, 2.24) is 10.2 Å². The lowest BCUT2D eigenvalue weighted by Crippen LogP contribution is -2.53. The predicted molar refractivity (Wildman–Crippen MR) is 193 cm³/mol. The number of sulfonamides is 1. The Hall–Kier alpha value is -3.50. The van der Waals surface area contributed by atoms with Crippen LogP contribution in [-0.2, 0) is 32.6 Å². The average Bonchev–Trinajstić information content (AvgIpc) is 3.07. The fraction of sp³-hybridized carbons (Fsp3) is 0.278. The lowest BCUT2D eigenvalue weighted by Gasteiger charge is -2.34. The van der Waals surface area contributed by atoms with Gasteiger partial charge in [-0.1, -0.05) is 90.6 Å². The zero-order valence-corrected chi connectivity index (χ0v) is 29.8. The van der Waals surface area contributed by atoms with Gasteiger partial charge in [0.15, 0.2) is 0 Å². The van der Waals surface area contributed by atoms with Gasteiger partial charge in [-0.25, -0.2) is 8.42 Å². The van der Waals surface area contributed by atoms with Crippen LogP contribution in [0.4, 0.5) is 5.69 Å². The summed E-state index contributed by atoms with van der Waals surface area (Å²) in [6.45, 7) is 3.68. The fourth-order valence-electron chi connectivity index (χ4n) is 5.03. The van der Waals surface area contributed by atoms with Gasteiger partial charge in [0, 0.05) is 40.0 Å². The number of anilines is 1. The van der Waals surface area contributed by atoms with Gasteiger partial charge in [-0.15, -0.1) is 11.8 Å². The average molecular weight is 713 g/mol. The summed E-state index contributed by atoms with van der Waals surface area (Å²) in [5.74, 6) is -0.936. The van der Waals surface area contributed by atoms with Gasteiger partial charge in [-0.3, -0.25) is 13.9 Å². The van der Waals surface area contributed by atoms with Crippen molar-refractivity contribution in [2.75, 3.05) is 23.7 Å². The molecule has 4 aromatic carbocycles. The summed E-state index contributed by atoms with van der Waals surface area (Å²) >= 11 is 14.7. The molecule has 4 aromatic rings. The van der Waals surface area contributed by atoms with E-state index in [1.807, 2.05) is 50.4 Å². The van der Waals surface area contributed by atoms with Crippen molar-refractivity contribution in [3.8, 4) is 0 Å². The van der Waals surface area contributed by atoms with Gasteiger partial charge >= 0.3 is 0 Å². The Bertz CT molecular complexity index is 1730. The van der Waals surface area contributed by atoms with Crippen LogP contribution in [0.2, 0.25) is 10.0 Å². The lowest BCUT2D eigenvalue weighted by molar-refractivity contribution is -0.140. The van der Waals surface area contributed by atoms with Gasteiger partial charge in [-0.05, 0) is 73.7 Å². The number of rotatable bonds is 15. The van der Waals surface area contributed by atoms with Crippen LogP contribution in [0.3, 0.4) is 0 Å². The number of carbonyl (C=O) groups is 2. The number of nitrogens with zero attached hydrogens (tertiary/aromatic N) is 2. The molecule has 0 radical (unpaired) electrons. The van der Waals surface area contributed by atoms with E-state index in [9.17, 15) is 18.0 Å². The molecule has 1 atom stereocenters. The van der Waals surface area contributed by atoms with Crippen molar-refractivity contribution in [2.45, 2.75) is 55.5 Å². The molecular formula is C36H39Cl2N3O4S2. The minimum atomic E-state index is -4.21. The molecule has 7 nitrogen and oxygen atoms in total. The molecule has 0 fully saturated rings. The number of hydrogen-bond acceptors (Lipinski definition) is 5. The molecule has 248 valence electrons. The first-order chi connectivity index (χ1) is 22.5. The Kier molecular flexibility index (Phi) is 13.2. The van der Waals surface area contributed by atoms with Crippen LogP contribution in [0.1, 0.15) is 36.5 Å². The third-order valence-electron chi connectivity index (χ3n) is 7.74. The van der Waals surface area contributed by atoms with E-state index in [-0.39, 0.29) is 23.8 Å². The van der Waals surface area contributed by atoms with Gasteiger partial charge in [-0.2, -0.15) is 0 Å². The Morgan fingerprint density at radius 3 is 2.11 bits per heavy atom. The van der Waals surface area contributed by atoms with Gasteiger partial charge in [0.1, 0.15) is 12.6 Å². The minimum absolute atomic E-state index is 0.0440. The van der Waals surface area contributed by atoms with Crippen molar-refractivity contribution in [3.63, 3.8) is 0 Å². The number of nitrogens with one attached hydrogen (secondary N) is 1. The number of aryl methyl sites for hydroxylation is 1. The number of thioether (sulfide) groups is 1. The predicted octanol–water partition coefficient (Wildman–Crippen LogP) is 7.78. The highest BCUT2D eigenvalue weighted by Crippen LogP contribution is 2.29. The smallest absolute Gasteiger partial charge is 0.264 e. The fourth-order valence-corrected chi connectivity index (χ4v) is 7.37. The van der Waals surface area contributed by atoms with Gasteiger partial charge in [0.25, 0.3) is 10.0 Å². The third kappa shape index (κ3) is 9.54. The van der Waals surface area contributed by atoms with E-state index in [2.05, 4.69) is 5.32 Å². The van der Waals surface area contributed by atoms with Gasteiger partial charge in [0.2, 0.25) is 11.8 Å². The highest BCUT2D eigenvalue weighted by Gasteiger charge is 2.35. The molecule has 0 aliphatic heterocycles. The van der Waals surface area contributed by atoms with Crippen LogP contribution in [0, 0.1) is 6.92 Å². The molecule has 0 aromatic heterocycles. The van der Waals surface area contributed by atoms with E-state index in [0.717, 1.165) is 33.2 Å². The summed E-state index contributed by atoms with van der Waals surface area (Å²) in [6, 6.07) is 26.9. The van der Waals surface area contributed by atoms with Gasteiger partial charge < -0.3 is 10.2 Å². The molecule has 0 saturated carbocycles. The van der Waals surface area contributed by atoms with E-state index in [4.69, 9.17) is 23.2 Å². The maximum absolute atomic E-state index is 14.6. The lowest BCUT2D eigenvalue weighted by atomic mass is 10.0. The summed E-state index contributed by atoms with van der Waals surface area (Å²) in [5.41, 5.74) is 2.55.